The Morgan fingerprint density at radius 1 is 1.37 bits per heavy atom. The normalized spacial score (nSPS) is 10.2. The summed E-state index contributed by atoms with van der Waals surface area (Å²) in [5, 5.41) is 18.0. The number of benzene rings is 1. The molecule has 19 heavy (non-hydrogen) atoms. The van der Waals surface area contributed by atoms with Crippen molar-refractivity contribution in [3.05, 3.63) is 45.3 Å². The van der Waals surface area contributed by atoms with Gasteiger partial charge in [0.2, 0.25) is 5.91 Å². The summed E-state index contributed by atoms with van der Waals surface area (Å²) < 4.78 is 0.745. The fraction of sp³-hybridized carbons (Fsp3) is 0.0833. The first-order valence-electron chi connectivity index (χ1n) is 5.36. The van der Waals surface area contributed by atoms with Crippen molar-refractivity contribution in [2.75, 3.05) is 5.32 Å². The van der Waals surface area contributed by atoms with Crippen LogP contribution < -0.4 is 5.32 Å². The van der Waals surface area contributed by atoms with Crippen molar-refractivity contribution in [1.82, 2.24) is 10.2 Å². The SMILES string of the molecule is O=C(Cc1ccn[nH]1)Nc1cc(I)cc(C(=O)O)c1. The number of carboxylic acid groups (broad SMARTS) is 1. The Kier molecular flexibility index (Phi) is 4.15. The number of nitrogens with zero attached hydrogens (tertiary/aromatic N) is 1. The van der Waals surface area contributed by atoms with E-state index in [1.54, 1.807) is 18.3 Å². The summed E-state index contributed by atoms with van der Waals surface area (Å²) in [4.78, 5) is 22.7. The highest BCUT2D eigenvalue weighted by atomic mass is 127. The van der Waals surface area contributed by atoms with E-state index in [2.05, 4.69) is 15.5 Å². The van der Waals surface area contributed by atoms with Gasteiger partial charge in [-0.1, -0.05) is 0 Å². The average Bonchev–Trinajstić information content (AvgIpc) is 2.80. The highest BCUT2D eigenvalue weighted by Gasteiger charge is 2.09. The van der Waals surface area contributed by atoms with Gasteiger partial charge in [0.05, 0.1) is 12.0 Å². The first kappa shape index (κ1) is 13.5. The van der Waals surface area contributed by atoms with Gasteiger partial charge in [-0.05, 0) is 46.9 Å². The van der Waals surface area contributed by atoms with Crippen LogP contribution in [0.3, 0.4) is 0 Å². The van der Waals surface area contributed by atoms with Crippen molar-refractivity contribution < 1.29 is 14.7 Å². The Hall–Kier alpha value is -1.90. The third-order valence-electron chi connectivity index (χ3n) is 2.34. The number of H-pyrrole nitrogens is 1. The second-order valence-electron chi connectivity index (χ2n) is 3.84. The van der Waals surface area contributed by atoms with Crippen LogP contribution in [0, 0.1) is 3.57 Å². The number of rotatable bonds is 4. The summed E-state index contributed by atoms with van der Waals surface area (Å²) in [6.07, 6.45) is 1.73. The Morgan fingerprint density at radius 3 is 2.79 bits per heavy atom. The summed E-state index contributed by atoms with van der Waals surface area (Å²) in [6, 6.07) is 6.37. The van der Waals surface area contributed by atoms with E-state index < -0.39 is 5.97 Å². The zero-order valence-corrected chi connectivity index (χ0v) is 11.8. The summed E-state index contributed by atoms with van der Waals surface area (Å²) in [6.45, 7) is 0. The van der Waals surface area contributed by atoms with Crippen LogP contribution in [0.15, 0.2) is 30.5 Å². The van der Waals surface area contributed by atoms with Crippen molar-refractivity contribution in [2.24, 2.45) is 0 Å². The molecule has 0 radical (unpaired) electrons. The molecule has 6 nitrogen and oxygen atoms in total. The average molecular weight is 371 g/mol. The zero-order chi connectivity index (χ0) is 13.8. The molecule has 0 fully saturated rings. The number of amides is 1. The van der Waals surface area contributed by atoms with Crippen LogP contribution in [0.5, 0.6) is 0 Å². The Labute approximate surface area is 122 Å². The van der Waals surface area contributed by atoms with E-state index in [0.29, 0.717) is 11.4 Å². The molecule has 1 aromatic carbocycles. The Balaban J connectivity index is 2.10. The molecule has 2 aromatic rings. The number of carboxylic acids is 1. The van der Waals surface area contributed by atoms with Crippen LogP contribution in [0.25, 0.3) is 0 Å². The van der Waals surface area contributed by atoms with E-state index in [4.69, 9.17) is 5.11 Å². The molecule has 3 N–H and O–H groups in total. The van der Waals surface area contributed by atoms with Crippen molar-refractivity contribution in [3.8, 4) is 0 Å². The number of aromatic nitrogens is 2. The maximum atomic E-state index is 11.8. The van der Waals surface area contributed by atoms with Crippen LogP contribution in [-0.2, 0) is 11.2 Å². The number of aromatic amines is 1. The lowest BCUT2D eigenvalue weighted by Crippen LogP contribution is -2.15. The highest BCUT2D eigenvalue weighted by Crippen LogP contribution is 2.17. The molecule has 0 aliphatic rings. The lowest BCUT2D eigenvalue weighted by atomic mass is 10.2. The minimum absolute atomic E-state index is 0.142. The monoisotopic (exact) mass is 371 g/mol. The third-order valence-corrected chi connectivity index (χ3v) is 2.96. The van der Waals surface area contributed by atoms with Gasteiger partial charge >= 0.3 is 5.97 Å². The van der Waals surface area contributed by atoms with Gasteiger partial charge in [0.15, 0.2) is 0 Å². The second-order valence-corrected chi connectivity index (χ2v) is 5.09. The number of carbonyl (C=O) groups excluding carboxylic acids is 1. The molecule has 0 saturated carbocycles. The van der Waals surface area contributed by atoms with Gasteiger partial charge in [0, 0.05) is 21.1 Å². The molecule has 0 saturated heterocycles. The molecule has 0 unspecified atom stereocenters. The van der Waals surface area contributed by atoms with E-state index >= 15 is 0 Å². The minimum Gasteiger partial charge on any atom is -0.478 e. The summed E-state index contributed by atoms with van der Waals surface area (Å²) >= 11 is 2.00. The van der Waals surface area contributed by atoms with E-state index in [0.717, 1.165) is 3.57 Å². The van der Waals surface area contributed by atoms with E-state index in [9.17, 15) is 9.59 Å². The summed E-state index contributed by atoms with van der Waals surface area (Å²) in [5.74, 6) is -1.26. The first-order valence-corrected chi connectivity index (χ1v) is 6.44. The topological polar surface area (TPSA) is 95.1 Å². The second kappa shape index (κ2) is 5.83. The molecule has 0 spiro atoms. The number of halogens is 1. The number of hydrogen-bond donors (Lipinski definition) is 3. The molecule has 0 aliphatic heterocycles. The molecular weight excluding hydrogens is 361 g/mol. The number of aromatic carboxylic acids is 1. The largest absolute Gasteiger partial charge is 0.478 e. The van der Waals surface area contributed by atoms with Gasteiger partial charge in [-0.15, -0.1) is 0 Å². The van der Waals surface area contributed by atoms with Crippen LogP contribution in [0.1, 0.15) is 16.1 Å². The summed E-state index contributed by atoms with van der Waals surface area (Å²) in [7, 11) is 0. The Bertz CT molecular complexity index is 611. The van der Waals surface area contributed by atoms with Crippen LogP contribution in [0.4, 0.5) is 5.69 Å². The van der Waals surface area contributed by atoms with E-state index in [1.807, 2.05) is 22.6 Å². The Morgan fingerprint density at radius 2 is 2.16 bits per heavy atom. The third kappa shape index (κ3) is 3.78. The fourth-order valence-corrected chi connectivity index (χ4v) is 2.22. The highest BCUT2D eigenvalue weighted by molar-refractivity contribution is 14.1. The number of nitrogens with one attached hydrogen (secondary N) is 2. The molecule has 0 bridgehead atoms. The number of anilines is 1. The minimum atomic E-state index is -1.03. The van der Waals surface area contributed by atoms with Crippen LogP contribution >= 0.6 is 22.6 Å². The molecule has 1 amide bonds. The van der Waals surface area contributed by atoms with Crippen molar-refractivity contribution >= 4 is 40.2 Å². The van der Waals surface area contributed by atoms with Gasteiger partial charge in [-0.3, -0.25) is 9.89 Å². The maximum absolute atomic E-state index is 11.8. The van der Waals surface area contributed by atoms with Crippen molar-refractivity contribution in [2.45, 2.75) is 6.42 Å². The van der Waals surface area contributed by atoms with Gasteiger partial charge < -0.3 is 10.4 Å². The molecule has 1 heterocycles. The van der Waals surface area contributed by atoms with Crippen LogP contribution in [-0.4, -0.2) is 27.2 Å². The van der Waals surface area contributed by atoms with E-state index in [1.165, 1.54) is 12.1 Å². The predicted molar refractivity (Wildman–Crippen MR) is 77.0 cm³/mol. The maximum Gasteiger partial charge on any atom is 0.335 e. The molecule has 2 rings (SSSR count). The smallest absolute Gasteiger partial charge is 0.335 e. The number of carbonyl (C=O) groups is 2. The lowest BCUT2D eigenvalue weighted by Gasteiger charge is -2.06. The van der Waals surface area contributed by atoms with Gasteiger partial charge in [0.25, 0.3) is 0 Å². The number of hydrogen-bond acceptors (Lipinski definition) is 3. The molecule has 0 aliphatic carbocycles. The summed E-state index contributed by atoms with van der Waals surface area (Å²) in [5.41, 5.74) is 1.30. The van der Waals surface area contributed by atoms with Gasteiger partial charge in [-0.25, -0.2) is 4.79 Å². The van der Waals surface area contributed by atoms with Crippen molar-refractivity contribution in [1.29, 1.82) is 0 Å². The fourth-order valence-electron chi connectivity index (χ4n) is 1.55. The molecule has 0 atom stereocenters. The zero-order valence-electron chi connectivity index (χ0n) is 9.68. The first-order chi connectivity index (χ1) is 9.04. The van der Waals surface area contributed by atoms with Crippen LogP contribution in [0.2, 0.25) is 0 Å². The standard InChI is InChI=1S/C12H10IN3O3/c13-8-3-7(12(18)19)4-10(5-8)15-11(17)6-9-1-2-14-16-9/h1-5H,6H2,(H,14,16)(H,15,17)(H,18,19). The molecule has 98 valence electrons. The molecule has 7 heteroatoms. The lowest BCUT2D eigenvalue weighted by molar-refractivity contribution is -0.115. The quantitative estimate of drug-likeness (QED) is 0.716. The molecule has 1 aromatic heterocycles. The van der Waals surface area contributed by atoms with Gasteiger partial charge in [0.1, 0.15) is 0 Å². The van der Waals surface area contributed by atoms with Crippen molar-refractivity contribution in [3.63, 3.8) is 0 Å². The van der Waals surface area contributed by atoms with E-state index in [-0.39, 0.29) is 17.9 Å². The predicted octanol–water partition coefficient (Wildman–Crippen LogP) is 1.89. The van der Waals surface area contributed by atoms with Gasteiger partial charge in [-0.2, -0.15) is 5.10 Å². The molecular formula is C12H10IN3O3.